The molecule has 19 heavy (non-hydrogen) atoms. The van der Waals surface area contributed by atoms with Crippen molar-refractivity contribution >= 4 is 23.5 Å². The molecule has 0 unspecified atom stereocenters. The van der Waals surface area contributed by atoms with Gasteiger partial charge in [0.1, 0.15) is 11.3 Å². The van der Waals surface area contributed by atoms with Crippen molar-refractivity contribution in [2.45, 2.75) is 13.0 Å². The average molecular weight is 284 g/mol. The molecular weight excluding hydrogens is 270 g/mol. The second-order valence-corrected chi connectivity index (χ2v) is 4.18. The number of rotatable bonds is 5. The minimum Gasteiger partial charge on any atom is -0.507 e. The van der Waals surface area contributed by atoms with E-state index in [4.69, 9.17) is 16.3 Å². The molecule has 2 N–H and O–H groups in total. The highest BCUT2D eigenvalue weighted by Crippen LogP contribution is 2.22. The zero-order chi connectivity index (χ0) is 14.4. The third kappa shape index (κ3) is 4.30. The maximum absolute atomic E-state index is 11.7. The van der Waals surface area contributed by atoms with Gasteiger partial charge < -0.3 is 15.2 Å². The van der Waals surface area contributed by atoms with Crippen LogP contribution in [-0.4, -0.2) is 29.6 Å². The molecule has 1 rings (SSSR count). The summed E-state index contributed by atoms with van der Waals surface area (Å²) in [4.78, 5) is 23.2. The lowest BCUT2D eigenvalue weighted by Crippen LogP contribution is -2.35. The molecule has 1 atom stereocenters. The maximum atomic E-state index is 11.7. The molecule has 0 aliphatic heterocycles. The number of nitrogens with one attached hydrogen (secondary N) is 1. The van der Waals surface area contributed by atoms with Crippen LogP contribution in [0.25, 0.3) is 0 Å². The lowest BCUT2D eigenvalue weighted by molar-refractivity contribution is -0.128. The van der Waals surface area contributed by atoms with Crippen molar-refractivity contribution in [3.8, 4) is 5.75 Å². The Morgan fingerprint density at radius 3 is 2.84 bits per heavy atom. The van der Waals surface area contributed by atoms with Crippen LogP contribution in [-0.2, 0) is 9.53 Å². The molecule has 0 radical (unpaired) electrons. The van der Waals surface area contributed by atoms with Crippen LogP contribution in [0, 0.1) is 0 Å². The fourth-order valence-electron chi connectivity index (χ4n) is 1.27. The van der Waals surface area contributed by atoms with Crippen LogP contribution in [0.3, 0.4) is 0 Å². The van der Waals surface area contributed by atoms with Gasteiger partial charge in [0, 0.05) is 11.6 Å². The first-order valence-electron chi connectivity index (χ1n) is 5.53. The molecule has 1 amide bonds. The van der Waals surface area contributed by atoms with E-state index in [9.17, 15) is 14.7 Å². The smallest absolute Gasteiger partial charge is 0.342 e. The molecule has 1 aromatic rings. The van der Waals surface area contributed by atoms with Crippen molar-refractivity contribution in [2.75, 3.05) is 6.54 Å². The number of aromatic hydroxyl groups is 1. The summed E-state index contributed by atoms with van der Waals surface area (Å²) in [6.07, 6.45) is 0.541. The van der Waals surface area contributed by atoms with Crippen molar-refractivity contribution in [3.05, 3.63) is 41.4 Å². The van der Waals surface area contributed by atoms with Crippen LogP contribution in [0.4, 0.5) is 0 Å². The molecule has 0 bridgehead atoms. The maximum Gasteiger partial charge on any atom is 0.342 e. The summed E-state index contributed by atoms with van der Waals surface area (Å²) in [5, 5.41) is 12.3. The first-order valence-corrected chi connectivity index (χ1v) is 5.91. The van der Waals surface area contributed by atoms with Crippen molar-refractivity contribution in [1.29, 1.82) is 0 Å². The third-order valence-corrected chi connectivity index (χ3v) is 2.49. The predicted octanol–water partition coefficient (Wildman–Crippen LogP) is 1.89. The fourth-order valence-corrected chi connectivity index (χ4v) is 1.44. The van der Waals surface area contributed by atoms with Gasteiger partial charge in [-0.2, -0.15) is 0 Å². The molecule has 0 heterocycles. The number of amides is 1. The molecule has 0 aromatic heterocycles. The van der Waals surface area contributed by atoms with Gasteiger partial charge in [-0.1, -0.05) is 17.7 Å². The number of carbonyl (C=O) groups excluding carboxylic acids is 2. The molecule has 6 heteroatoms. The van der Waals surface area contributed by atoms with Gasteiger partial charge in [-0.25, -0.2) is 4.79 Å². The third-order valence-electron chi connectivity index (χ3n) is 2.25. The molecule has 0 spiro atoms. The first kappa shape index (κ1) is 15.0. The van der Waals surface area contributed by atoms with Gasteiger partial charge in [0.25, 0.3) is 5.91 Å². The van der Waals surface area contributed by atoms with Gasteiger partial charge in [0.2, 0.25) is 0 Å². The van der Waals surface area contributed by atoms with E-state index < -0.39 is 18.0 Å². The van der Waals surface area contributed by atoms with Gasteiger partial charge in [-0.15, -0.1) is 6.58 Å². The molecular formula is C13H14ClNO4. The van der Waals surface area contributed by atoms with Gasteiger partial charge in [0.05, 0.1) is 0 Å². The molecule has 1 aromatic carbocycles. The number of ether oxygens (including phenoxy) is 1. The molecule has 0 fully saturated rings. The Balaban J connectivity index is 2.68. The van der Waals surface area contributed by atoms with Gasteiger partial charge in [-0.3, -0.25) is 4.79 Å². The summed E-state index contributed by atoms with van der Waals surface area (Å²) in [7, 11) is 0. The number of esters is 1. The number of phenolic OH excluding ortho intramolecular Hbond substituents is 1. The molecule has 0 saturated carbocycles. The van der Waals surface area contributed by atoms with E-state index in [2.05, 4.69) is 11.9 Å². The Morgan fingerprint density at radius 1 is 1.58 bits per heavy atom. The SMILES string of the molecule is C=CCNC(=O)[C@H](C)OC(=O)c1ccc(Cl)cc1O. The summed E-state index contributed by atoms with van der Waals surface area (Å²) in [6, 6.07) is 4.00. The van der Waals surface area contributed by atoms with E-state index in [0.717, 1.165) is 0 Å². The average Bonchev–Trinajstić information content (AvgIpc) is 2.35. The summed E-state index contributed by atoms with van der Waals surface area (Å²) < 4.78 is 4.93. The number of hydrogen-bond donors (Lipinski definition) is 2. The minimum absolute atomic E-state index is 0.0484. The number of benzene rings is 1. The monoisotopic (exact) mass is 283 g/mol. The minimum atomic E-state index is -0.970. The van der Waals surface area contributed by atoms with Crippen molar-refractivity contribution < 1.29 is 19.4 Å². The van der Waals surface area contributed by atoms with E-state index in [1.54, 1.807) is 0 Å². The largest absolute Gasteiger partial charge is 0.507 e. The Kier molecular flexibility index (Phi) is 5.38. The predicted molar refractivity (Wildman–Crippen MR) is 71.2 cm³/mol. The topological polar surface area (TPSA) is 75.6 Å². The second-order valence-electron chi connectivity index (χ2n) is 3.74. The lowest BCUT2D eigenvalue weighted by Gasteiger charge is -2.13. The molecule has 0 aliphatic carbocycles. The van der Waals surface area contributed by atoms with Crippen molar-refractivity contribution in [2.24, 2.45) is 0 Å². The quantitative estimate of drug-likeness (QED) is 0.639. The van der Waals surface area contributed by atoms with Gasteiger partial charge in [-0.05, 0) is 25.1 Å². The number of phenols is 1. The van der Waals surface area contributed by atoms with E-state index in [-0.39, 0.29) is 17.9 Å². The highest BCUT2D eigenvalue weighted by Gasteiger charge is 2.20. The van der Waals surface area contributed by atoms with Gasteiger partial charge >= 0.3 is 5.97 Å². The summed E-state index contributed by atoms with van der Waals surface area (Å²) in [5.74, 6) is -1.53. The van der Waals surface area contributed by atoms with Gasteiger partial charge in [0.15, 0.2) is 6.10 Å². The van der Waals surface area contributed by atoms with E-state index in [0.29, 0.717) is 5.02 Å². The zero-order valence-corrected chi connectivity index (χ0v) is 11.1. The van der Waals surface area contributed by atoms with E-state index in [1.165, 1.54) is 31.2 Å². The normalized spacial score (nSPS) is 11.5. The van der Waals surface area contributed by atoms with Crippen LogP contribution in [0.5, 0.6) is 5.75 Å². The van der Waals surface area contributed by atoms with E-state index >= 15 is 0 Å². The molecule has 0 saturated heterocycles. The highest BCUT2D eigenvalue weighted by molar-refractivity contribution is 6.30. The Morgan fingerprint density at radius 2 is 2.26 bits per heavy atom. The summed E-state index contributed by atoms with van der Waals surface area (Å²) in [5.41, 5.74) is -0.0484. The molecule has 0 aliphatic rings. The van der Waals surface area contributed by atoms with Crippen LogP contribution < -0.4 is 5.32 Å². The van der Waals surface area contributed by atoms with Crippen LogP contribution >= 0.6 is 11.6 Å². The van der Waals surface area contributed by atoms with Crippen LogP contribution in [0.15, 0.2) is 30.9 Å². The Hall–Kier alpha value is -2.01. The first-order chi connectivity index (χ1) is 8.95. The van der Waals surface area contributed by atoms with Crippen LogP contribution in [0.2, 0.25) is 5.02 Å². The number of carbonyl (C=O) groups is 2. The van der Waals surface area contributed by atoms with E-state index in [1.807, 2.05) is 0 Å². The Bertz CT molecular complexity index is 501. The van der Waals surface area contributed by atoms with Crippen molar-refractivity contribution in [3.63, 3.8) is 0 Å². The molecule has 102 valence electrons. The lowest BCUT2D eigenvalue weighted by atomic mass is 10.2. The standard InChI is InChI=1S/C13H14ClNO4/c1-3-6-15-12(17)8(2)19-13(18)10-5-4-9(14)7-11(10)16/h3-5,7-8,16H,1,6H2,2H3,(H,15,17)/t8-/m0/s1. The fraction of sp³-hybridized carbons (Fsp3) is 0.231. The molecule has 5 nitrogen and oxygen atoms in total. The second kappa shape index (κ2) is 6.80. The summed E-state index contributed by atoms with van der Waals surface area (Å²) in [6.45, 7) is 5.17. The Labute approximate surface area is 115 Å². The number of halogens is 1. The number of hydrogen-bond acceptors (Lipinski definition) is 4. The van der Waals surface area contributed by atoms with Crippen LogP contribution in [0.1, 0.15) is 17.3 Å². The highest BCUT2D eigenvalue weighted by atomic mass is 35.5. The van der Waals surface area contributed by atoms with Crippen molar-refractivity contribution in [1.82, 2.24) is 5.32 Å². The zero-order valence-electron chi connectivity index (χ0n) is 10.4. The summed E-state index contributed by atoms with van der Waals surface area (Å²) >= 11 is 5.65.